The van der Waals surface area contributed by atoms with Gasteiger partial charge in [0.2, 0.25) is 0 Å². The topological polar surface area (TPSA) is 41.5 Å². The van der Waals surface area contributed by atoms with Crippen LogP contribution in [0.1, 0.15) is 22.6 Å². The van der Waals surface area contributed by atoms with Gasteiger partial charge < -0.3 is 0 Å². The Morgan fingerprint density at radius 3 is 2.15 bits per heavy atom. The second-order valence-corrected chi connectivity index (χ2v) is 6.85. The molecule has 0 bridgehead atoms. The average molecular weight is 381 g/mol. The molecule has 0 fully saturated rings. The Balaban J connectivity index is 1.60. The van der Waals surface area contributed by atoms with Gasteiger partial charge >= 0.3 is 0 Å². The summed E-state index contributed by atoms with van der Waals surface area (Å²) < 4.78 is 0. The van der Waals surface area contributed by atoms with Crippen molar-refractivity contribution in [1.29, 1.82) is 0 Å². The summed E-state index contributed by atoms with van der Waals surface area (Å²) in [6, 6.07) is 21.0. The van der Waals surface area contributed by atoms with Crippen LogP contribution in [-0.2, 0) is 4.79 Å². The van der Waals surface area contributed by atoms with Gasteiger partial charge in [0.1, 0.15) is 0 Å². The molecule has 0 aromatic heterocycles. The molecule has 1 N–H and O–H groups in total. The van der Waals surface area contributed by atoms with Crippen molar-refractivity contribution in [1.82, 2.24) is 5.43 Å². The van der Waals surface area contributed by atoms with E-state index < -0.39 is 0 Å². The lowest BCUT2D eigenvalue weighted by Crippen LogP contribution is -2.25. The monoisotopic (exact) mass is 380 g/mol. The zero-order valence-corrected chi connectivity index (χ0v) is 15.1. The van der Waals surface area contributed by atoms with E-state index in [2.05, 4.69) is 10.5 Å². The number of rotatable bonds is 3. The van der Waals surface area contributed by atoms with E-state index in [-0.39, 0.29) is 11.8 Å². The van der Waals surface area contributed by atoms with Crippen LogP contribution in [0, 0.1) is 0 Å². The number of halogens is 2. The van der Waals surface area contributed by atoms with Crippen molar-refractivity contribution in [3.63, 3.8) is 0 Å². The molecule has 0 heterocycles. The van der Waals surface area contributed by atoms with Crippen LogP contribution in [-0.4, -0.2) is 12.1 Å². The van der Waals surface area contributed by atoms with E-state index in [4.69, 9.17) is 23.2 Å². The third kappa shape index (κ3) is 3.00. The van der Waals surface area contributed by atoms with Gasteiger partial charge in [0.15, 0.2) is 0 Å². The van der Waals surface area contributed by atoms with Crippen LogP contribution < -0.4 is 5.43 Å². The first-order chi connectivity index (χ1) is 12.6. The van der Waals surface area contributed by atoms with Crippen molar-refractivity contribution in [2.45, 2.75) is 5.92 Å². The molecule has 3 aromatic carbocycles. The van der Waals surface area contributed by atoms with Gasteiger partial charge in [-0.25, -0.2) is 5.43 Å². The fraction of sp³-hybridized carbons (Fsp3) is 0.0476. The summed E-state index contributed by atoms with van der Waals surface area (Å²) in [4.78, 5) is 12.8. The summed E-state index contributed by atoms with van der Waals surface area (Å²) in [5.41, 5.74) is 7.48. The summed E-state index contributed by atoms with van der Waals surface area (Å²) in [6.07, 6.45) is 1.52. The molecule has 26 heavy (non-hydrogen) atoms. The van der Waals surface area contributed by atoms with Gasteiger partial charge in [0, 0.05) is 10.6 Å². The Labute approximate surface area is 161 Å². The van der Waals surface area contributed by atoms with Crippen molar-refractivity contribution in [3.8, 4) is 11.1 Å². The maximum atomic E-state index is 12.8. The minimum atomic E-state index is -0.375. The third-order valence-corrected chi connectivity index (χ3v) is 5.00. The van der Waals surface area contributed by atoms with Crippen molar-refractivity contribution in [2.75, 3.05) is 0 Å². The molecule has 1 aliphatic rings. The Morgan fingerprint density at radius 1 is 0.923 bits per heavy atom. The molecule has 4 rings (SSSR count). The molecule has 0 spiro atoms. The highest BCUT2D eigenvalue weighted by molar-refractivity contribution is 6.36. The SMILES string of the molecule is O=C(NN=Cc1ccc(Cl)cc1Cl)C1c2ccccc2-c2ccccc21. The maximum absolute atomic E-state index is 12.8. The third-order valence-electron chi connectivity index (χ3n) is 4.44. The highest BCUT2D eigenvalue weighted by atomic mass is 35.5. The summed E-state index contributed by atoms with van der Waals surface area (Å²) in [6.45, 7) is 0. The number of amides is 1. The first kappa shape index (κ1) is 16.8. The van der Waals surface area contributed by atoms with Gasteiger partial charge in [-0.2, -0.15) is 5.10 Å². The zero-order chi connectivity index (χ0) is 18.1. The maximum Gasteiger partial charge on any atom is 0.252 e. The molecule has 0 atom stereocenters. The van der Waals surface area contributed by atoms with E-state index in [9.17, 15) is 4.79 Å². The van der Waals surface area contributed by atoms with Crippen molar-refractivity contribution in [2.24, 2.45) is 5.10 Å². The van der Waals surface area contributed by atoms with E-state index in [1.165, 1.54) is 6.21 Å². The number of benzene rings is 3. The van der Waals surface area contributed by atoms with Crippen LogP contribution in [0.5, 0.6) is 0 Å². The first-order valence-electron chi connectivity index (χ1n) is 8.11. The van der Waals surface area contributed by atoms with E-state index in [1.54, 1.807) is 18.2 Å². The summed E-state index contributed by atoms with van der Waals surface area (Å²) >= 11 is 12.0. The predicted molar refractivity (Wildman–Crippen MR) is 106 cm³/mol. The van der Waals surface area contributed by atoms with Crippen LogP contribution in [0.4, 0.5) is 0 Å². The second kappa shape index (κ2) is 6.94. The van der Waals surface area contributed by atoms with Gasteiger partial charge in [-0.15, -0.1) is 0 Å². The van der Waals surface area contributed by atoms with Crippen LogP contribution >= 0.6 is 23.2 Å². The van der Waals surface area contributed by atoms with Crippen LogP contribution in [0.2, 0.25) is 10.0 Å². The molecule has 1 amide bonds. The van der Waals surface area contributed by atoms with Crippen molar-refractivity contribution >= 4 is 35.3 Å². The minimum absolute atomic E-state index is 0.177. The molecule has 0 saturated heterocycles. The zero-order valence-electron chi connectivity index (χ0n) is 13.6. The van der Waals surface area contributed by atoms with Gasteiger partial charge in [0.25, 0.3) is 5.91 Å². The van der Waals surface area contributed by atoms with E-state index in [0.717, 1.165) is 22.3 Å². The highest BCUT2D eigenvalue weighted by Crippen LogP contribution is 2.44. The van der Waals surface area contributed by atoms with Crippen LogP contribution in [0.15, 0.2) is 71.8 Å². The molecule has 1 aliphatic carbocycles. The Bertz CT molecular complexity index is 985. The Kier molecular flexibility index (Phi) is 4.49. The number of fused-ring (bicyclic) bond motifs is 3. The van der Waals surface area contributed by atoms with Crippen LogP contribution in [0.3, 0.4) is 0 Å². The van der Waals surface area contributed by atoms with Crippen molar-refractivity contribution in [3.05, 3.63) is 93.5 Å². The van der Waals surface area contributed by atoms with Gasteiger partial charge in [-0.1, -0.05) is 77.8 Å². The second-order valence-electron chi connectivity index (χ2n) is 6.01. The standard InChI is InChI=1S/C21H14Cl2N2O/c22-14-10-9-13(19(23)11-14)12-24-25-21(26)20-17-7-3-1-5-15(17)16-6-2-4-8-18(16)20/h1-12,20H,(H,25,26). The van der Waals surface area contributed by atoms with E-state index in [0.29, 0.717) is 15.6 Å². The van der Waals surface area contributed by atoms with Crippen LogP contribution in [0.25, 0.3) is 11.1 Å². The Hall–Kier alpha value is -2.62. The fourth-order valence-corrected chi connectivity index (χ4v) is 3.73. The molecule has 5 heteroatoms. The van der Waals surface area contributed by atoms with Gasteiger partial charge in [-0.3, -0.25) is 4.79 Å². The van der Waals surface area contributed by atoms with E-state index in [1.807, 2.05) is 48.5 Å². The number of nitrogens with zero attached hydrogens (tertiary/aromatic N) is 1. The minimum Gasteiger partial charge on any atom is -0.272 e. The van der Waals surface area contributed by atoms with Gasteiger partial charge in [0.05, 0.1) is 17.2 Å². The summed E-state index contributed by atoms with van der Waals surface area (Å²) in [5, 5.41) is 5.10. The number of hydrazone groups is 1. The van der Waals surface area contributed by atoms with E-state index >= 15 is 0 Å². The predicted octanol–water partition coefficient (Wildman–Crippen LogP) is 5.26. The molecule has 0 unspecified atom stereocenters. The molecular weight excluding hydrogens is 367 g/mol. The largest absolute Gasteiger partial charge is 0.272 e. The van der Waals surface area contributed by atoms with Crippen molar-refractivity contribution < 1.29 is 4.79 Å². The lowest BCUT2D eigenvalue weighted by Gasteiger charge is -2.11. The lowest BCUT2D eigenvalue weighted by molar-refractivity contribution is -0.121. The number of hydrogen-bond donors (Lipinski definition) is 1. The highest BCUT2D eigenvalue weighted by Gasteiger charge is 2.33. The average Bonchev–Trinajstić information content (AvgIpc) is 2.98. The molecule has 3 nitrogen and oxygen atoms in total. The smallest absolute Gasteiger partial charge is 0.252 e. The lowest BCUT2D eigenvalue weighted by atomic mass is 9.96. The summed E-state index contributed by atoms with van der Waals surface area (Å²) in [7, 11) is 0. The summed E-state index contributed by atoms with van der Waals surface area (Å²) in [5.74, 6) is -0.552. The molecule has 0 radical (unpaired) electrons. The normalized spacial score (nSPS) is 12.8. The quantitative estimate of drug-likeness (QED) is 0.488. The first-order valence-corrected chi connectivity index (χ1v) is 8.87. The molecule has 3 aromatic rings. The fourth-order valence-electron chi connectivity index (χ4n) is 3.27. The molecule has 128 valence electrons. The Morgan fingerprint density at radius 2 is 1.54 bits per heavy atom. The molecule has 0 aliphatic heterocycles. The molecule has 0 saturated carbocycles. The number of hydrogen-bond acceptors (Lipinski definition) is 2. The number of carbonyl (C=O) groups excluding carboxylic acids is 1. The van der Waals surface area contributed by atoms with Gasteiger partial charge in [-0.05, 0) is 34.4 Å². The molecular formula is C21H14Cl2N2O. The number of carbonyl (C=O) groups is 1. The number of nitrogens with one attached hydrogen (secondary N) is 1.